The van der Waals surface area contributed by atoms with Crippen molar-refractivity contribution in [2.45, 2.75) is 52.0 Å². The highest BCUT2D eigenvalue weighted by atomic mass is 35.5. The molecule has 0 radical (unpaired) electrons. The first-order valence-electron chi connectivity index (χ1n) is 7.21. The Kier molecular flexibility index (Phi) is 7.25. The van der Waals surface area contributed by atoms with Crippen molar-refractivity contribution in [3.63, 3.8) is 0 Å². The second-order valence-electron chi connectivity index (χ2n) is 5.14. The van der Waals surface area contributed by atoms with Gasteiger partial charge in [0.25, 0.3) is 0 Å². The molecular weight excluding hydrogens is 258 g/mol. The fraction of sp³-hybridized carbons (Fsp3) is 0.625. The summed E-state index contributed by atoms with van der Waals surface area (Å²) in [5.41, 5.74) is 7.37. The Morgan fingerprint density at radius 1 is 1.32 bits per heavy atom. The minimum absolute atomic E-state index is 0.00421. The molecule has 0 fully saturated rings. The Balaban J connectivity index is 2.75. The van der Waals surface area contributed by atoms with Gasteiger partial charge in [-0.1, -0.05) is 51.1 Å². The lowest BCUT2D eigenvalue weighted by Crippen LogP contribution is -2.16. The third-order valence-electron chi connectivity index (χ3n) is 3.72. The van der Waals surface area contributed by atoms with Crippen LogP contribution in [-0.4, -0.2) is 7.11 Å². The first-order valence-corrected chi connectivity index (χ1v) is 7.59. The van der Waals surface area contributed by atoms with Crippen LogP contribution in [0, 0.1) is 5.92 Å². The molecule has 0 spiro atoms. The Labute approximate surface area is 122 Å². The summed E-state index contributed by atoms with van der Waals surface area (Å²) in [6.45, 7) is 4.47. The smallest absolute Gasteiger partial charge is 0.123 e. The van der Waals surface area contributed by atoms with E-state index >= 15 is 0 Å². The van der Waals surface area contributed by atoms with E-state index in [1.807, 2.05) is 18.2 Å². The maximum absolute atomic E-state index is 6.35. The Morgan fingerprint density at radius 3 is 2.63 bits per heavy atom. The number of hydrogen-bond donors (Lipinski definition) is 1. The number of nitrogens with two attached hydrogens (primary N) is 1. The van der Waals surface area contributed by atoms with Gasteiger partial charge in [-0.25, -0.2) is 0 Å². The fourth-order valence-electron chi connectivity index (χ4n) is 2.46. The predicted molar refractivity (Wildman–Crippen MR) is 82.9 cm³/mol. The maximum atomic E-state index is 6.35. The zero-order chi connectivity index (χ0) is 14.3. The minimum Gasteiger partial charge on any atom is -0.496 e. The molecule has 2 N–H and O–H groups in total. The van der Waals surface area contributed by atoms with Crippen molar-refractivity contribution < 1.29 is 4.74 Å². The number of rotatable bonds is 8. The summed E-state index contributed by atoms with van der Waals surface area (Å²) < 4.78 is 5.38. The predicted octanol–water partition coefficient (Wildman–Crippen LogP) is 4.95. The summed E-state index contributed by atoms with van der Waals surface area (Å²) in [4.78, 5) is 0. The van der Waals surface area contributed by atoms with Crippen molar-refractivity contribution in [2.75, 3.05) is 7.11 Å². The van der Waals surface area contributed by atoms with E-state index in [2.05, 4.69) is 13.8 Å². The van der Waals surface area contributed by atoms with E-state index < -0.39 is 0 Å². The van der Waals surface area contributed by atoms with Crippen molar-refractivity contribution in [1.82, 2.24) is 0 Å². The van der Waals surface area contributed by atoms with Crippen LogP contribution in [0.1, 0.15) is 57.6 Å². The van der Waals surface area contributed by atoms with Gasteiger partial charge in [0.2, 0.25) is 0 Å². The van der Waals surface area contributed by atoms with Crippen LogP contribution in [0.15, 0.2) is 18.2 Å². The topological polar surface area (TPSA) is 35.2 Å². The van der Waals surface area contributed by atoms with Crippen LogP contribution < -0.4 is 10.5 Å². The standard InChI is InChI=1S/C16H26ClNO/c1-4-6-7-12(5-2)10-15(18)14-11-13(17)8-9-16(14)19-3/h8-9,11-12,15H,4-7,10,18H2,1-3H3. The molecule has 1 aromatic rings. The van der Waals surface area contributed by atoms with Gasteiger partial charge in [0.05, 0.1) is 7.11 Å². The van der Waals surface area contributed by atoms with Crippen molar-refractivity contribution in [2.24, 2.45) is 11.7 Å². The van der Waals surface area contributed by atoms with Gasteiger partial charge in [0.1, 0.15) is 5.75 Å². The normalized spacial score (nSPS) is 14.2. The molecule has 0 saturated carbocycles. The molecule has 2 unspecified atom stereocenters. The van der Waals surface area contributed by atoms with Crippen molar-refractivity contribution in [3.8, 4) is 5.75 Å². The van der Waals surface area contributed by atoms with E-state index in [4.69, 9.17) is 22.1 Å². The SMILES string of the molecule is CCCCC(CC)CC(N)c1cc(Cl)ccc1OC. The molecule has 3 heteroatoms. The zero-order valence-corrected chi connectivity index (χ0v) is 13.0. The molecule has 2 nitrogen and oxygen atoms in total. The van der Waals surface area contributed by atoms with E-state index in [1.165, 1.54) is 25.7 Å². The van der Waals surface area contributed by atoms with Crippen LogP contribution in [0.5, 0.6) is 5.75 Å². The number of methoxy groups -OCH3 is 1. The first-order chi connectivity index (χ1) is 9.12. The molecule has 2 atom stereocenters. The van der Waals surface area contributed by atoms with Gasteiger partial charge in [-0.2, -0.15) is 0 Å². The first kappa shape index (κ1) is 16.3. The maximum Gasteiger partial charge on any atom is 0.123 e. The molecule has 0 heterocycles. The Bertz CT molecular complexity index is 381. The van der Waals surface area contributed by atoms with E-state index in [9.17, 15) is 0 Å². The summed E-state index contributed by atoms with van der Waals surface area (Å²) in [5.74, 6) is 1.51. The number of ether oxygens (including phenoxy) is 1. The van der Waals surface area contributed by atoms with Crippen LogP contribution >= 0.6 is 11.6 Å². The molecule has 0 aliphatic rings. The molecule has 108 valence electrons. The molecule has 0 aromatic heterocycles. The summed E-state index contributed by atoms with van der Waals surface area (Å²) in [7, 11) is 1.67. The van der Waals surface area contributed by atoms with E-state index in [0.29, 0.717) is 10.9 Å². The largest absolute Gasteiger partial charge is 0.496 e. The molecular formula is C16H26ClNO. The van der Waals surface area contributed by atoms with Gasteiger partial charge in [-0.3, -0.25) is 0 Å². The second-order valence-corrected chi connectivity index (χ2v) is 5.58. The lowest BCUT2D eigenvalue weighted by Gasteiger charge is -2.21. The summed E-state index contributed by atoms with van der Waals surface area (Å²) in [6.07, 6.45) is 5.94. The third kappa shape index (κ3) is 5.04. The highest BCUT2D eigenvalue weighted by Crippen LogP contribution is 2.32. The van der Waals surface area contributed by atoms with E-state index in [1.54, 1.807) is 7.11 Å². The quantitative estimate of drug-likeness (QED) is 0.732. The highest BCUT2D eigenvalue weighted by molar-refractivity contribution is 6.30. The van der Waals surface area contributed by atoms with Crippen LogP contribution in [0.3, 0.4) is 0 Å². The van der Waals surface area contributed by atoms with Gasteiger partial charge >= 0.3 is 0 Å². The van der Waals surface area contributed by atoms with Gasteiger partial charge in [0, 0.05) is 16.6 Å². The lowest BCUT2D eigenvalue weighted by atomic mass is 9.89. The average molecular weight is 284 g/mol. The number of hydrogen-bond acceptors (Lipinski definition) is 2. The highest BCUT2D eigenvalue weighted by Gasteiger charge is 2.17. The van der Waals surface area contributed by atoms with Gasteiger partial charge < -0.3 is 10.5 Å². The third-order valence-corrected chi connectivity index (χ3v) is 3.96. The van der Waals surface area contributed by atoms with Crippen molar-refractivity contribution in [1.29, 1.82) is 0 Å². The van der Waals surface area contributed by atoms with Crippen LogP contribution in [0.2, 0.25) is 5.02 Å². The average Bonchev–Trinajstić information content (AvgIpc) is 2.43. The number of halogens is 1. The van der Waals surface area contributed by atoms with Gasteiger partial charge in [0.15, 0.2) is 0 Å². The van der Waals surface area contributed by atoms with E-state index in [0.717, 1.165) is 17.7 Å². The van der Waals surface area contributed by atoms with Crippen molar-refractivity contribution in [3.05, 3.63) is 28.8 Å². The van der Waals surface area contributed by atoms with Crippen LogP contribution in [-0.2, 0) is 0 Å². The molecule has 19 heavy (non-hydrogen) atoms. The molecule has 1 rings (SSSR count). The molecule has 0 aliphatic carbocycles. The van der Waals surface area contributed by atoms with Crippen LogP contribution in [0.4, 0.5) is 0 Å². The van der Waals surface area contributed by atoms with Crippen LogP contribution in [0.25, 0.3) is 0 Å². The second kappa shape index (κ2) is 8.44. The molecule has 0 bridgehead atoms. The summed E-state index contributed by atoms with van der Waals surface area (Å²) in [6, 6.07) is 5.66. The summed E-state index contributed by atoms with van der Waals surface area (Å²) in [5, 5.41) is 0.716. The lowest BCUT2D eigenvalue weighted by molar-refractivity contribution is 0.371. The zero-order valence-electron chi connectivity index (χ0n) is 12.3. The number of benzene rings is 1. The van der Waals surface area contributed by atoms with E-state index in [-0.39, 0.29) is 6.04 Å². The molecule has 0 aliphatic heterocycles. The monoisotopic (exact) mass is 283 g/mol. The van der Waals surface area contributed by atoms with Gasteiger partial charge in [-0.15, -0.1) is 0 Å². The fourth-order valence-corrected chi connectivity index (χ4v) is 2.64. The molecule has 1 aromatic carbocycles. The van der Waals surface area contributed by atoms with Gasteiger partial charge in [-0.05, 0) is 30.5 Å². The Hall–Kier alpha value is -0.730. The number of unbranched alkanes of at least 4 members (excludes halogenated alkanes) is 1. The molecule has 0 saturated heterocycles. The van der Waals surface area contributed by atoms with Crippen molar-refractivity contribution >= 4 is 11.6 Å². The molecule has 0 amide bonds. The summed E-state index contributed by atoms with van der Waals surface area (Å²) >= 11 is 6.06. The Morgan fingerprint density at radius 2 is 2.05 bits per heavy atom. The minimum atomic E-state index is -0.00421.